The van der Waals surface area contributed by atoms with Crippen molar-refractivity contribution < 1.29 is 22.7 Å². The highest BCUT2D eigenvalue weighted by Gasteiger charge is 2.31. The highest BCUT2D eigenvalue weighted by atomic mass is 32.2. The minimum atomic E-state index is -4.18. The summed E-state index contributed by atoms with van der Waals surface area (Å²) in [5.74, 6) is 0.371. The molecule has 4 aromatic rings. The highest BCUT2D eigenvalue weighted by Crippen LogP contribution is 2.31. The number of methoxy groups -OCH3 is 1. The van der Waals surface area contributed by atoms with Crippen molar-refractivity contribution in [3.05, 3.63) is 125 Å². The summed E-state index contributed by atoms with van der Waals surface area (Å²) in [6, 6.07) is 26.8. The average Bonchev–Trinajstić information content (AvgIpc) is 2.94. The van der Waals surface area contributed by atoms with Gasteiger partial charge in [0.2, 0.25) is 0 Å². The van der Waals surface area contributed by atoms with Gasteiger partial charge >= 0.3 is 0 Å². The summed E-state index contributed by atoms with van der Waals surface area (Å²) >= 11 is 0. The Kier molecular flexibility index (Phi) is 8.52. The molecular formula is C32H31NO5S. The van der Waals surface area contributed by atoms with Crippen molar-refractivity contribution in [2.45, 2.75) is 32.3 Å². The molecule has 0 unspecified atom stereocenters. The molecule has 0 aliphatic carbocycles. The van der Waals surface area contributed by atoms with Crippen LogP contribution in [0.4, 0.5) is 5.69 Å². The van der Waals surface area contributed by atoms with Crippen LogP contribution >= 0.6 is 0 Å². The van der Waals surface area contributed by atoms with Gasteiger partial charge in [-0.1, -0.05) is 66.2 Å². The van der Waals surface area contributed by atoms with E-state index in [1.54, 1.807) is 62.6 Å². The molecule has 0 aliphatic rings. The summed E-state index contributed by atoms with van der Waals surface area (Å²) in [6.07, 6.45) is 2.82. The van der Waals surface area contributed by atoms with Crippen LogP contribution in [0.1, 0.15) is 27.8 Å². The number of hydrogen-bond donors (Lipinski definition) is 0. The van der Waals surface area contributed by atoms with E-state index in [1.165, 1.54) is 18.2 Å². The summed E-state index contributed by atoms with van der Waals surface area (Å²) < 4.78 is 39.7. The molecule has 0 aromatic heterocycles. The van der Waals surface area contributed by atoms with Gasteiger partial charge < -0.3 is 9.47 Å². The van der Waals surface area contributed by atoms with Gasteiger partial charge in [-0.2, -0.15) is 4.31 Å². The van der Waals surface area contributed by atoms with Crippen molar-refractivity contribution in [3.8, 4) is 11.5 Å². The number of carbonyl (C=O) groups is 1. The Bertz CT molecular complexity index is 1590. The number of rotatable bonds is 9. The Balaban J connectivity index is 1.64. The number of ether oxygens (including phenoxy) is 2. The third kappa shape index (κ3) is 6.38. The van der Waals surface area contributed by atoms with E-state index in [9.17, 15) is 13.2 Å². The third-order valence-corrected chi connectivity index (χ3v) is 8.12. The summed E-state index contributed by atoms with van der Waals surface area (Å²) in [5, 5.41) is 0. The Morgan fingerprint density at radius 2 is 1.56 bits per heavy atom. The molecule has 0 N–H and O–H groups in total. The zero-order valence-corrected chi connectivity index (χ0v) is 23.2. The van der Waals surface area contributed by atoms with Gasteiger partial charge in [0.05, 0.1) is 17.7 Å². The summed E-state index contributed by atoms with van der Waals surface area (Å²) in [5.41, 5.74) is 4.49. The van der Waals surface area contributed by atoms with Crippen molar-refractivity contribution in [3.63, 3.8) is 0 Å². The number of aryl methyl sites for hydroxylation is 2. The Morgan fingerprint density at radius 3 is 2.26 bits per heavy atom. The molecule has 0 spiro atoms. The molecule has 0 saturated carbocycles. The fourth-order valence-corrected chi connectivity index (χ4v) is 5.46. The fraction of sp³-hybridized carbons (Fsp3) is 0.156. The number of amides is 1. The molecule has 4 aromatic carbocycles. The zero-order chi connectivity index (χ0) is 28.0. The first kappa shape index (κ1) is 27.7. The lowest BCUT2D eigenvalue weighted by molar-refractivity contribution is -0.113. The van der Waals surface area contributed by atoms with Crippen molar-refractivity contribution in [1.29, 1.82) is 0 Å². The maximum atomic E-state index is 13.7. The highest BCUT2D eigenvalue weighted by molar-refractivity contribution is 7.93. The number of carbonyl (C=O) groups excluding carboxylic acids is 1. The second-order valence-corrected chi connectivity index (χ2v) is 10.9. The van der Waals surface area contributed by atoms with Crippen LogP contribution in [0, 0.1) is 20.8 Å². The lowest BCUT2D eigenvalue weighted by Gasteiger charge is -2.24. The lowest BCUT2D eigenvalue weighted by atomic mass is 10.1. The second-order valence-electron chi connectivity index (χ2n) is 9.16. The van der Waals surface area contributed by atoms with Crippen LogP contribution in [0.2, 0.25) is 0 Å². The van der Waals surface area contributed by atoms with Gasteiger partial charge in [0.25, 0.3) is 15.9 Å². The topological polar surface area (TPSA) is 72.9 Å². The molecule has 0 aliphatic heterocycles. The molecule has 39 heavy (non-hydrogen) atoms. The third-order valence-electron chi connectivity index (χ3n) is 6.40. The van der Waals surface area contributed by atoms with Crippen molar-refractivity contribution in [2.75, 3.05) is 11.4 Å². The molecule has 0 radical (unpaired) electrons. The van der Waals surface area contributed by atoms with Gasteiger partial charge in [-0.25, -0.2) is 8.42 Å². The SMILES string of the molecule is COc1cc(/C=C/C(=O)N(c2cccc(C)c2C)S(=O)(=O)c2ccc(C)cc2)ccc1OCc1ccccc1. The molecule has 0 fully saturated rings. The van der Waals surface area contributed by atoms with Gasteiger partial charge in [0, 0.05) is 6.08 Å². The van der Waals surface area contributed by atoms with Crippen LogP contribution in [-0.4, -0.2) is 21.4 Å². The van der Waals surface area contributed by atoms with E-state index in [-0.39, 0.29) is 4.90 Å². The van der Waals surface area contributed by atoms with Crippen LogP contribution in [0.25, 0.3) is 6.08 Å². The summed E-state index contributed by atoms with van der Waals surface area (Å²) in [6.45, 7) is 5.94. The van der Waals surface area contributed by atoms with E-state index in [0.717, 1.165) is 21.0 Å². The molecule has 200 valence electrons. The molecule has 0 bridgehead atoms. The largest absolute Gasteiger partial charge is 0.493 e. The molecule has 4 rings (SSSR count). The van der Waals surface area contributed by atoms with Crippen LogP contribution in [-0.2, 0) is 21.4 Å². The summed E-state index contributed by atoms with van der Waals surface area (Å²) in [7, 11) is -2.64. The molecule has 1 amide bonds. The monoisotopic (exact) mass is 541 g/mol. The molecule has 0 heterocycles. The molecule has 6 nitrogen and oxygen atoms in total. The lowest BCUT2D eigenvalue weighted by Crippen LogP contribution is -2.36. The van der Waals surface area contributed by atoms with Gasteiger partial charge in [-0.3, -0.25) is 4.79 Å². The predicted octanol–water partition coefficient (Wildman–Crippen LogP) is 6.63. The molecule has 0 atom stereocenters. The van der Waals surface area contributed by atoms with E-state index in [4.69, 9.17) is 9.47 Å². The first-order valence-electron chi connectivity index (χ1n) is 12.5. The second kappa shape index (κ2) is 12.0. The van der Waals surface area contributed by atoms with E-state index in [0.29, 0.717) is 34.9 Å². The van der Waals surface area contributed by atoms with Crippen molar-refractivity contribution in [1.82, 2.24) is 0 Å². The van der Waals surface area contributed by atoms with Crippen molar-refractivity contribution in [2.24, 2.45) is 0 Å². The van der Waals surface area contributed by atoms with Gasteiger partial charge in [-0.15, -0.1) is 0 Å². The van der Waals surface area contributed by atoms with Crippen molar-refractivity contribution >= 4 is 27.7 Å². The van der Waals surface area contributed by atoms with Gasteiger partial charge in [-0.05, 0) is 79.4 Å². The molecule has 7 heteroatoms. The first-order chi connectivity index (χ1) is 18.7. The number of hydrogen-bond acceptors (Lipinski definition) is 5. The number of nitrogens with zero attached hydrogens (tertiary/aromatic N) is 1. The maximum Gasteiger partial charge on any atom is 0.271 e. The smallest absolute Gasteiger partial charge is 0.271 e. The van der Waals surface area contributed by atoms with Gasteiger partial charge in [0.15, 0.2) is 11.5 Å². The number of benzene rings is 4. The van der Waals surface area contributed by atoms with Gasteiger partial charge in [0.1, 0.15) is 6.61 Å². The quantitative estimate of drug-likeness (QED) is 0.222. The minimum absolute atomic E-state index is 0.0392. The van der Waals surface area contributed by atoms with E-state index in [1.807, 2.05) is 50.2 Å². The Morgan fingerprint density at radius 1 is 0.846 bits per heavy atom. The summed E-state index contributed by atoms with van der Waals surface area (Å²) in [4.78, 5) is 13.6. The maximum absolute atomic E-state index is 13.7. The predicted molar refractivity (Wildman–Crippen MR) is 155 cm³/mol. The van der Waals surface area contributed by atoms with E-state index in [2.05, 4.69) is 0 Å². The Labute approximate surface area is 230 Å². The normalized spacial score (nSPS) is 11.4. The minimum Gasteiger partial charge on any atom is -0.493 e. The number of anilines is 1. The first-order valence-corrected chi connectivity index (χ1v) is 13.9. The van der Waals surface area contributed by atoms with Crippen LogP contribution in [0.15, 0.2) is 102 Å². The fourth-order valence-electron chi connectivity index (χ4n) is 4.02. The van der Waals surface area contributed by atoms with E-state index >= 15 is 0 Å². The van der Waals surface area contributed by atoms with E-state index < -0.39 is 15.9 Å². The average molecular weight is 542 g/mol. The number of sulfonamides is 1. The molecular weight excluding hydrogens is 510 g/mol. The zero-order valence-electron chi connectivity index (χ0n) is 22.4. The standard InChI is InChI=1S/C32H31NO5S/c1-23-13-17-28(18-14-23)39(35,36)33(29-12-8-9-24(2)25(29)3)32(34)20-16-26-15-19-30(31(21-26)37-4)38-22-27-10-6-5-7-11-27/h5-21H,22H2,1-4H3/b20-16+. The molecule has 0 saturated heterocycles. The van der Waals surface area contributed by atoms with Crippen LogP contribution in [0.3, 0.4) is 0 Å². The van der Waals surface area contributed by atoms with Crippen LogP contribution in [0.5, 0.6) is 11.5 Å². The van der Waals surface area contributed by atoms with Crippen LogP contribution < -0.4 is 13.8 Å². The Hall–Kier alpha value is -4.36.